The van der Waals surface area contributed by atoms with Crippen LogP contribution in [0.2, 0.25) is 0 Å². The van der Waals surface area contributed by atoms with Gasteiger partial charge in [0.2, 0.25) is 5.91 Å². The number of nitrogens with zero attached hydrogens (tertiary/aromatic N) is 3. The standard InChI is InChI=1S/C19H28N4O2/c1-15-3-5-18(25-15)14-23-11-8-16(9-12-23)13-20-19(24)6-4-17-7-10-21-22(17)2/h3,5,7,10,16H,4,6,8-9,11-14H2,1-2H3,(H,20,24). The first-order valence-electron chi connectivity index (χ1n) is 9.11. The van der Waals surface area contributed by atoms with E-state index < -0.39 is 0 Å². The van der Waals surface area contributed by atoms with Crippen LogP contribution in [0, 0.1) is 12.8 Å². The number of hydrogen-bond donors (Lipinski definition) is 1. The second kappa shape index (κ2) is 8.34. The summed E-state index contributed by atoms with van der Waals surface area (Å²) in [6, 6.07) is 6.04. The molecule has 1 aliphatic rings. The Bertz CT molecular complexity index is 683. The van der Waals surface area contributed by atoms with Crippen LogP contribution in [-0.4, -0.2) is 40.2 Å². The van der Waals surface area contributed by atoms with Crippen LogP contribution < -0.4 is 5.32 Å². The number of carbonyl (C=O) groups is 1. The van der Waals surface area contributed by atoms with Crippen LogP contribution in [0.1, 0.15) is 36.5 Å². The first-order chi connectivity index (χ1) is 12.1. The molecule has 1 saturated heterocycles. The van der Waals surface area contributed by atoms with Crippen molar-refractivity contribution in [2.45, 2.75) is 39.2 Å². The van der Waals surface area contributed by atoms with Crippen molar-refractivity contribution in [1.29, 1.82) is 0 Å². The number of piperidine rings is 1. The van der Waals surface area contributed by atoms with E-state index in [9.17, 15) is 4.79 Å². The summed E-state index contributed by atoms with van der Waals surface area (Å²) in [5.74, 6) is 2.73. The molecule has 1 fully saturated rings. The van der Waals surface area contributed by atoms with Crippen LogP contribution in [0.3, 0.4) is 0 Å². The van der Waals surface area contributed by atoms with Crippen LogP contribution in [0.25, 0.3) is 0 Å². The number of carbonyl (C=O) groups excluding carboxylic acids is 1. The molecule has 1 N–H and O–H groups in total. The van der Waals surface area contributed by atoms with Crippen molar-refractivity contribution in [3.63, 3.8) is 0 Å². The van der Waals surface area contributed by atoms with Crippen molar-refractivity contribution in [3.05, 3.63) is 41.6 Å². The van der Waals surface area contributed by atoms with Gasteiger partial charge in [-0.1, -0.05) is 0 Å². The van der Waals surface area contributed by atoms with Gasteiger partial charge in [0.05, 0.1) is 6.54 Å². The molecular formula is C19H28N4O2. The van der Waals surface area contributed by atoms with E-state index in [1.165, 1.54) is 0 Å². The van der Waals surface area contributed by atoms with E-state index in [0.717, 1.165) is 62.7 Å². The molecule has 0 atom stereocenters. The lowest BCUT2D eigenvalue weighted by Gasteiger charge is -2.31. The van der Waals surface area contributed by atoms with Gasteiger partial charge in [0.25, 0.3) is 0 Å². The molecule has 1 aliphatic heterocycles. The lowest BCUT2D eigenvalue weighted by atomic mass is 9.96. The van der Waals surface area contributed by atoms with Crippen LogP contribution in [0.15, 0.2) is 28.8 Å². The van der Waals surface area contributed by atoms with Gasteiger partial charge in [-0.15, -0.1) is 0 Å². The summed E-state index contributed by atoms with van der Waals surface area (Å²) in [6.07, 6.45) is 5.29. The Labute approximate surface area is 149 Å². The van der Waals surface area contributed by atoms with Gasteiger partial charge < -0.3 is 9.73 Å². The SMILES string of the molecule is Cc1ccc(CN2CCC(CNC(=O)CCc3ccnn3C)CC2)o1. The van der Waals surface area contributed by atoms with Crippen LogP contribution in [0.5, 0.6) is 0 Å². The summed E-state index contributed by atoms with van der Waals surface area (Å²) < 4.78 is 7.48. The monoisotopic (exact) mass is 344 g/mol. The molecule has 0 spiro atoms. The molecule has 0 aromatic carbocycles. The van der Waals surface area contributed by atoms with Crippen molar-refractivity contribution in [3.8, 4) is 0 Å². The molecule has 0 unspecified atom stereocenters. The van der Waals surface area contributed by atoms with E-state index >= 15 is 0 Å². The third-order valence-corrected chi connectivity index (χ3v) is 5.00. The number of likely N-dealkylation sites (tertiary alicyclic amines) is 1. The Morgan fingerprint density at radius 2 is 2.12 bits per heavy atom. The van der Waals surface area contributed by atoms with E-state index in [2.05, 4.69) is 21.4 Å². The Morgan fingerprint density at radius 1 is 1.32 bits per heavy atom. The maximum absolute atomic E-state index is 12.0. The van der Waals surface area contributed by atoms with E-state index in [4.69, 9.17) is 4.42 Å². The fraction of sp³-hybridized carbons (Fsp3) is 0.579. The van der Waals surface area contributed by atoms with Crippen LogP contribution >= 0.6 is 0 Å². The molecule has 0 aliphatic carbocycles. The van der Waals surface area contributed by atoms with Gasteiger partial charge in [-0.3, -0.25) is 14.4 Å². The summed E-state index contributed by atoms with van der Waals surface area (Å²) in [7, 11) is 1.91. The Morgan fingerprint density at radius 3 is 2.76 bits per heavy atom. The average molecular weight is 344 g/mol. The maximum Gasteiger partial charge on any atom is 0.220 e. The molecule has 3 heterocycles. The molecule has 3 rings (SSSR count). The predicted octanol–water partition coefficient (Wildman–Crippen LogP) is 2.28. The topological polar surface area (TPSA) is 63.3 Å². The Balaban J connectivity index is 1.32. The quantitative estimate of drug-likeness (QED) is 0.837. The number of aromatic nitrogens is 2. The highest BCUT2D eigenvalue weighted by atomic mass is 16.3. The second-order valence-corrected chi connectivity index (χ2v) is 6.98. The lowest BCUT2D eigenvalue weighted by Crippen LogP contribution is -2.38. The molecule has 6 heteroatoms. The van der Waals surface area contributed by atoms with E-state index in [-0.39, 0.29) is 5.91 Å². The number of aryl methyl sites for hydroxylation is 3. The van der Waals surface area contributed by atoms with Crippen molar-refractivity contribution in [2.24, 2.45) is 13.0 Å². The van der Waals surface area contributed by atoms with E-state index in [1.54, 1.807) is 6.20 Å². The van der Waals surface area contributed by atoms with Gasteiger partial charge in [-0.05, 0) is 63.4 Å². The van der Waals surface area contributed by atoms with E-state index in [0.29, 0.717) is 12.3 Å². The molecule has 0 saturated carbocycles. The van der Waals surface area contributed by atoms with Gasteiger partial charge in [-0.2, -0.15) is 5.10 Å². The summed E-state index contributed by atoms with van der Waals surface area (Å²) in [4.78, 5) is 14.5. The molecule has 2 aromatic rings. The molecule has 25 heavy (non-hydrogen) atoms. The first-order valence-corrected chi connectivity index (χ1v) is 9.11. The highest BCUT2D eigenvalue weighted by molar-refractivity contribution is 5.76. The zero-order valence-electron chi connectivity index (χ0n) is 15.2. The Hall–Kier alpha value is -2.08. The summed E-state index contributed by atoms with van der Waals surface area (Å²) >= 11 is 0. The predicted molar refractivity (Wildman–Crippen MR) is 96.0 cm³/mol. The highest BCUT2D eigenvalue weighted by Crippen LogP contribution is 2.19. The number of nitrogens with one attached hydrogen (secondary N) is 1. The molecule has 136 valence electrons. The fourth-order valence-electron chi connectivity index (χ4n) is 3.37. The minimum absolute atomic E-state index is 0.134. The minimum atomic E-state index is 0.134. The van der Waals surface area contributed by atoms with Gasteiger partial charge in [-0.25, -0.2) is 0 Å². The molecule has 0 bridgehead atoms. The zero-order chi connectivity index (χ0) is 17.6. The largest absolute Gasteiger partial charge is 0.465 e. The fourth-order valence-corrected chi connectivity index (χ4v) is 3.37. The smallest absolute Gasteiger partial charge is 0.220 e. The third kappa shape index (κ3) is 5.19. The number of furan rings is 1. The molecular weight excluding hydrogens is 316 g/mol. The Kier molecular flexibility index (Phi) is 5.91. The van der Waals surface area contributed by atoms with Crippen LogP contribution in [-0.2, 0) is 24.8 Å². The van der Waals surface area contributed by atoms with Crippen LogP contribution in [0.4, 0.5) is 0 Å². The first kappa shape index (κ1) is 17.7. The van der Waals surface area contributed by atoms with Gasteiger partial charge in [0.1, 0.15) is 11.5 Å². The summed E-state index contributed by atoms with van der Waals surface area (Å²) in [6.45, 7) is 5.78. The maximum atomic E-state index is 12.0. The number of rotatable bonds is 7. The van der Waals surface area contributed by atoms with E-state index in [1.807, 2.05) is 30.8 Å². The van der Waals surface area contributed by atoms with Gasteiger partial charge in [0, 0.05) is 31.9 Å². The summed E-state index contributed by atoms with van der Waals surface area (Å²) in [5, 5.41) is 7.22. The normalized spacial score (nSPS) is 16.2. The number of hydrogen-bond acceptors (Lipinski definition) is 4. The third-order valence-electron chi connectivity index (χ3n) is 5.00. The average Bonchev–Trinajstić information content (AvgIpc) is 3.20. The highest BCUT2D eigenvalue weighted by Gasteiger charge is 2.20. The minimum Gasteiger partial charge on any atom is -0.465 e. The van der Waals surface area contributed by atoms with Crippen molar-refractivity contribution in [1.82, 2.24) is 20.0 Å². The lowest BCUT2D eigenvalue weighted by molar-refractivity contribution is -0.121. The molecule has 0 radical (unpaired) electrons. The summed E-state index contributed by atoms with van der Waals surface area (Å²) in [5.41, 5.74) is 1.09. The van der Waals surface area contributed by atoms with Crippen molar-refractivity contribution >= 4 is 5.91 Å². The zero-order valence-corrected chi connectivity index (χ0v) is 15.2. The second-order valence-electron chi connectivity index (χ2n) is 6.98. The van der Waals surface area contributed by atoms with Gasteiger partial charge in [0.15, 0.2) is 0 Å². The number of amides is 1. The van der Waals surface area contributed by atoms with Crippen molar-refractivity contribution < 1.29 is 9.21 Å². The molecule has 6 nitrogen and oxygen atoms in total. The van der Waals surface area contributed by atoms with Crippen molar-refractivity contribution in [2.75, 3.05) is 19.6 Å². The van der Waals surface area contributed by atoms with Gasteiger partial charge >= 0.3 is 0 Å². The molecule has 1 amide bonds. The molecule has 2 aromatic heterocycles.